The number of primary sulfonamides is 1. The van der Waals surface area contributed by atoms with Gasteiger partial charge in [-0.2, -0.15) is 5.26 Å². The fourth-order valence-electron chi connectivity index (χ4n) is 2.35. The van der Waals surface area contributed by atoms with Crippen molar-refractivity contribution in [2.24, 2.45) is 10.6 Å². The molecule has 0 saturated carbocycles. The van der Waals surface area contributed by atoms with Crippen molar-refractivity contribution in [3.8, 4) is 6.19 Å². The third-order valence-corrected chi connectivity index (χ3v) is 5.51. The fourth-order valence-corrected chi connectivity index (χ4v) is 3.66. The molecule has 3 N–H and O–H groups in total. The van der Waals surface area contributed by atoms with E-state index in [1.165, 1.54) is 18.2 Å². The molecule has 27 heavy (non-hydrogen) atoms. The number of amides is 1. The Bertz CT molecular complexity index is 816. The van der Waals surface area contributed by atoms with Crippen LogP contribution in [0.15, 0.2) is 23.1 Å². The Labute approximate surface area is 170 Å². The Balaban J connectivity index is 0.000000277. The lowest BCUT2D eigenvalue weighted by Crippen LogP contribution is -2.42. The second kappa shape index (κ2) is 9.60. The Hall–Kier alpha value is -1.53. The van der Waals surface area contributed by atoms with Crippen LogP contribution in [0.5, 0.6) is 0 Å². The first-order valence-electron chi connectivity index (χ1n) is 8.28. The summed E-state index contributed by atoms with van der Waals surface area (Å²) in [6, 6.07) is 4.27. The Kier molecular flexibility index (Phi) is 8.36. The number of nitrogens with two attached hydrogens (primary N) is 1. The normalized spacial score (nSPS) is 16.9. The van der Waals surface area contributed by atoms with Crippen molar-refractivity contribution in [2.75, 3.05) is 13.1 Å². The quantitative estimate of drug-likeness (QED) is 0.709. The maximum Gasteiger partial charge on any atom is 0.239 e. The monoisotopic (exact) mass is 434 g/mol. The number of carbonyl (C=O) groups is 1. The lowest BCUT2D eigenvalue weighted by Gasteiger charge is -2.22. The molecule has 1 amide bonds. The highest BCUT2D eigenvalue weighted by atomic mass is 35.5. The van der Waals surface area contributed by atoms with E-state index in [1.807, 2.05) is 20.8 Å². The van der Waals surface area contributed by atoms with Crippen LogP contribution < -0.4 is 10.5 Å². The molecule has 0 aromatic heterocycles. The van der Waals surface area contributed by atoms with Gasteiger partial charge in [-0.3, -0.25) is 4.79 Å². The minimum Gasteiger partial charge on any atom is -0.354 e. The molecule has 150 valence electrons. The molecule has 0 radical (unpaired) electrons. The minimum atomic E-state index is -3.77. The summed E-state index contributed by atoms with van der Waals surface area (Å²) in [6.07, 6.45) is 4.20. The van der Waals surface area contributed by atoms with E-state index in [9.17, 15) is 13.2 Å². The summed E-state index contributed by atoms with van der Waals surface area (Å²) < 4.78 is 21.7. The van der Waals surface area contributed by atoms with Gasteiger partial charge in [0.2, 0.25) is 15.9 Å². The Morgan fingerprint density at radius 3 is 2.52 bits per heavy atom. The van der Waals surface area contributed by atoms with Crippen LogP contribution in [0.25, 0.3) is 0 Å². The molecule has 0 unspecified atom stereocenters. The van der Waals surface area contributed by atoms with Gasteiger partial charge in [-0.05, 0) is 31.0 Å². The van der Waals surface area contributed by atoms with E-state index in [-0.39, 0.29) is 32.3 Å². The molecule has 1 aliphatic rings. The first-order chi connectivity index (χ1) is 12.4. The SMILES string of the molecule is CC(C)(C)C(=O)NC[C@H]1CCCN1C#N.NS(=O)(=O)c1cc(Cl)ccc1Cl. The highest BCUT2D eigenvalue weighted by molar-refractivity contribution is 7.89. The Morgan fingerprint density at radius 1 is 1.41 bits per heavy atom. The first kappa shape index (κ1) is 23.5. The van der Waals surface area contributed by atoms with Crippen molar-refractivity contribution in [2.45, 2.75) is 44.6 Å². The summed E-state index contributed by atoms with van der Waals surface area (Å²) in [7, 11) is -3.77. The summed E-state index contributed by atoms with van der Waals surface area (Å²) in [5.74, 6) is 0.0484. The summed E-state index contributed by atoms with van der Waals surface area (Å²) in [5, 5.41) is 16.9. The maximum absolute atomic E-state index is 11.6. The molecule has 1 heterocycles. The molecular weight excluding hydrogens is 411 g/mol. The highest BCUT2D eigenvalue weighted by Gasteiger charge is 2.26. The lowest BCUT2D eigenvalue weighted by atomic mass is 9.95. The van der Waals surface area contributed by atoms with Gasteiger partial charge < -0.3 is 10.2 Å². The van der Waals surface area contributed by atoms with E-state index in [4.69, 9.17) is 33.6 Å². The van der Waals surface area contributed by atoms with Gasteiger partial charge in [0.25, 0.3) is 0 Å². The molecular formula is C17H24Cl2N4O3S. The number of rotatable bonds is 3. The summed E-state index contributed by atoms with van der Waals surface area (Å²) in [4.78, 5) is 13.2. The van der Waals surface area contributed by atoms with Crippen LogP contribution in [0.4, 0.5) is 0 Å². The zero-order valence-corrected chi connectivity index (χ0v) is 17.8. The number of halogens is 2. The van der Waals surface area contributed by atoms with Gasteiger partial charge in [0, 0.05) is 23.5 Å². The van der Waals surface area contributed by atoms with Crippen molar-refractivity contribution in [3.05, 3.63) is 28.2 Å². The zero-order chi connectivity index (χ0) is 20.8. The van der Waals surface area contributed by atoms with E-state index in [1.54, 1.807) is 4.90 Å². The molecule has 0 spiro atoms. The molecule has 7 nitrogen and oxygen atoms in total. The average Bonchev–Trinajstić information content (AvgIpc) is 3.01. The Morgan fingerprint density at radius 2 is 2.04 bits per heavy atom. The van der Waals surface area contributed by atoms with Crippen molar-refractivity contribution >= 4 is 39.1 Å². The maximum atomic E-state index is 11.6. The molecule has 0 aliphatic carbocycles. The number of likely N-dealkylation sites (tertiary alicyclic amines) is 1. The second-order valence-corrected chi connectivity index (χ2v) is 9.54. The molecule has 0 bridgehead atoms. The van der Waals surface area contributed by atoms with Gasteiger partial charge >= 0.3 is 0 Å². The molecule has 1 saturated heterocycles. The molecule has 1 atom stereocenters. The zero-order valence-electron chi connectivity index (χ0n) is 15.5. The topological polar surface area (TPSA) is 116 Å². The van der Waals surface area contributed by atoms with Gasteiger partial charge in [0.1, 0.15) is 4.90 Å². The van der Waals surface area contributed by atoms with Crippen molar-refractivity contribution in [1.82, 2.24) is 10.2 Å². The fraction of sp³-hybridized carbons (Fsp3) is 0.529. The van der Waals surface area contributed by atoms with Crippen LogP contribution in [0.2, 0.25) is 10.0 Å². The van der Waals surface area contributed by atoms with Gasteiger partial charge in [-0.25, -0.2) is 13.6 Å². The second-order valence-electron chi connectivity index (χ2n) is 7.17. The van der Waals surface area contributed by atoms with Crippen LogP contribution in [0, 0.1) is 16.9 Å². The van der Waals surface area contributed by atoms with Crippen molar-refractivity contribution in [3.63, 3.8) is 0 Å². The molecule has 1 aromatic rings. The van der Waals surface area contributed by atoms with Gasteiger partial charge in [-0.15, -0.1) is 0 Å². The van der Waals surface area contributed by atoms with Gasteiger partial charge in [-0.1, -0.05) is 44.0 Å². The van der Waals surface area contributed by atoms with E-state index in [0.717, 1.165) is 19.4 Å². The summed E-state index contributed by atoms with van der Waals surface area (Å²) in [6.45, 7) is 7.08. The number of benzene rings is 1. The molecule has 1 aliphatic heterocycles. The van der Waals surface area contributed by atoms with E-state index < -0.39 is 10.0 Å². The number of nitrogens with zero attached hydrogens (tertiary/aromatic N) is 2. The minimum absolute atomic E-state index is 0.0484. The van der Waals surface area contributed by atoms with Crippen LogP contribution in [-0.4, -0.2) is 38.4 Å². The third-order valence-electron chi connectivity index (χ3n) is 3.88. The summed E-state index contributed by atoms with van der Waals surface area (Å²) in [5.41, 5.74) is -0.351. The number of hydrogen-bond acceptors (Lipinski definition) is 5. The van der Waals surface area contributed by atoms with E-state index in [2.05, 4.69) is 11.5 Å². The molecule has 10 heteroatoms. The van der Waals surface area contributed by atoms with Crippen LogP contribution in [0.3, 0.4) is 0 Å². The molecule has 2 rings (SSSR count). The van der Waals surface area contributed by atoms with Gasteiger partial charge in [0.05, 0.1) is 11.1 Å². The predicted molar refractivity (Wildman–Crippen MR) is 106 cm³/mol. The standard InChI is InChI=1S/C11H19N3O.C6H5Cl2NO2S/c1-11(2,3)10(15)13-7-9-5-4-6-14(9)8-12;7-4-1-2-5(8)6(3-4)12(9,10)11/h9H,4-7H2,1-3H3,(H,13,15);1-3H,(H2,9,10,11)/t9-;/m1./s1. The number of hydrogen-bond donors (Lipinski definition) is 2. The average molecular weight is 435 g/mol. The van der Waals surface area contributed by atoms with Gasteiger partial charge in [0.15, 0.2) is 6.19 Å². The number of sulfonamides is 1. The number of carbonyl (C=O) groups excluding carboxylic acids is 1. The third kappa shape index (κ3) is 7.54. The van der Waals surface area contributed by atoms with Crippen LogP contribution in [-0.2, 0) is 14.8 Å². The van der Waals surface area contributed by atoms with Crippen molar-refractivity contribution in [1.29, 1.82) is 5.26 Å². The number of nitriles is 1. The first-order valence-corrected chi connectivity index (χ1v) is 10.6. The smallest absolute Gasteiger partial charge is 0.239 e. The largest absolute Gasteiger partial charge is 0.354 e. The summed E-state index contributed by atoms with van der Waals surface area (Å²) >= 11 is 11.1. The van der Waals surface area contributed by atoms with E-state index in [0.29, 0.717) is 6.54 Å². The number of nitrogens with one attached hydrogen (secondary N) is 1. The highest BCUT2D eigenvalue weighted by Crippen LogP contribution is 2.23. The molecule has 1 fully saturated rings. The molecule has 1 aromatic carbocycles. The predicted octanol–water partition coefficient (Wildman–Crippen LogP) is 2.73. The van der Waals surface area contributed by atoms with Crippen molar-refractivity contribution < 1.29 is 13.2 Å². The lowest BCUT2D eigenvalue weighted by molar-refractivity contribution is -0.128. The van der Waals surface area contributed by atoms with E-state index >= 15 is 0 Å². The van der Waals surface area contributed by atoms with Crippen LogP contribution in [0.1, 0.15) is 33.6 Å². The van der Waals surface area contributed by atoms with Crippen LogP contribution >= 0.6 is 23.2 Å².